The van der Waals surface area contributed by atoms with Crippen molar-refractivity contribution < 1.29 is 13.2 Å². The van der Waals surface area contributed by atoms with Gasteiger partial charge in [-0.1, -0.05) is 48.9 Å². The van der Waals surface area contributed by atoms with E-state index in [2.05, 4.69) is 5.32 Å². The molecule has 1 amide bonds. The van der Waals surface area contributed by atoms with Gasteiger partial charge in [0.1, 0.15) is 0 Å². The number of carbonyl (C=O) groups is 1. The third-order valence-electron chi connectivity index (χ3n) is 4.03. The first kappa shape index (κ1) is 19.5. The molecule has 2 aromatic carbocycles. The molecule has 0 aliphatic rings. The Labute approximate surface area is 154 Å². The van der Waals surface area contributed by atoms with E-state index in [0.29, 0.717) is 17.9 Å². The van der Waals surface area contributed by atoms with E-state index in [4.69, 9.17) is 11.6 Å². The number of carbonyl (C=O) groups excluding carboxylic acids is 1. The van der Waals surface area contributed by atoms with Gasteiger partial charge in [-0.15, -0.1) is 0 Å². The van der Waals surface area contributed by atoms with Crippen LogP contribution in [0.3, 0.4) is 0 Å². The topological polar surface area (TPSA) is 63.2 Å². The highest BCUT2D eigenvalue weighted by Gasteiger charge is 2.14. The van der Waals surface area contributed by atoms with E-state index in [-0.39, 0.29) is 16.8 Å². The molecule has 1 unspecified atom stereocenters. The minimum atomic E-state index is -3.22. The minimum Gasteiger partial charge on any atom is -0.349 e. The van der Waals surface area contributed by atoms with E-state index in [1.54, 1.807) is 24.3 Å². The Hall–Kier alpha value is -1.85. The van der Waals surface area contributed by atoms with Gasteiger partial charge in [0, 0.05) is 17.7 Å². The number of rotatable bonds is 7. The van der Waals surface area contributed by atoms with Crippen LogP contribution in [0, 0.1) is 0 Å². The van der Waals surface area contributed by atoms with Crippen molar-refractivity contribution in [3.63, 3.8) is 0 Å². The molecule has 6 heteroatoms. The van der Waals surface area contributed by atoms with Crippen molar-refractivity contribution in [2.45, 2.75) is 37.1 Å². The van der Waals surface area contributed by atoms with Crippen molar-refractivity contribution in [2.24, 2.45) is 0 Å². The third-order valence-corrected chi connectivity index (χ3v) is 5.53. The molecule has 4 nitrogen and oxygen atoms in total. The second-order valence-electron chi connectivity index (χ2n) is 5.96. The summed E-state index contributed by atoms with van der Waals surface area (Å²) >= 11 is 6.11. The summed E-state index contributed by atoms with van der Waals surface area (Å²) in [6, 6.07) is 14.0. The lowest BCUT2D eigenvalue weighted by molar-refractivity contribution is -0.121. The maximum Gasteiger partial charge on any atom is 0.220 e. The molecule has 0 heterocycles. The van der Waals surface area contributed by atoms with Crippen molar-refractivity contribution in [2.75, 3.05) is 6.26 Å². The Morgan fingerprint density at radius 3 is 2.32 bits per heavy atom. The van der Waals surface area contributed by atoms with E-state index in [1.165, 1.54) is 6.26 Å². The minimum absolute atomic E-state index is 0.0565. The Morgan fingerprint density at radius 2 is 1.76 bits per heavy atom. The van der Waals surface area contributed by atoms with Gasteiger partial charge in [-0.25, -0.2) is 8.42 Å². The number of hydrogen-bond acceptors (Lipinski definition) is 3. The molecule has 2 rings (SSSR count). The van der Waals surface area contributed by atoms with Crippen molar-refractivity contribution >= 4 is 27.3 Å². The molecule has 25 heavy (non-hydrogen) atoms. The zero-order valence-electron chi connectivity index (χ0n) is 14.3. The lowest BCUT2D eigenvalue weighted by Crippen LogP contribution is -2.28. The van der Waals surface area contributed by atoms with Crippen LogP contribution in [0.4, 0.5) is 0 Å². The quantitative estimate of drug-likeness (QED) is 0.792. The molecule has 1 atom stereocenters. The maximum absolute atomic E-state index is 12.2. The third kappa shape index (κ3) is 5.58. The number of sulfone groups is 1. The Morgan fingerprint density at radius 1 is 1.12 bits per heavy atom. The molecule has 0 radical (unpaired) electrons. The molecule has 0 fully saturated rings. The van der Waals surface area contributed by atoms with Gasteiger partial charge >= 0.3 is 0 Å². The maximum atomic E-state index is 12.2. The van der Waals surface area contributed by atoms with Gasteiger partial charge in [0.25, 0.3) is 0 Å². The molecule has 0 aromatic heterocycles. The van der Waals surface area contributed by atoms with Crippen LogP contribution in [0.15, 0.2) is 53.4 Å². The van der Waals surface area contributed by atoms with E-state index >= 15 is 0 Å². The summed E-state index contributed by atoms with van der Waals surface area (Å²) in [7, 11) is -3.22. The Bertz CT molecular complexity index is 832. The van der Waals surface area contributed by atoms with Crippen molar-refractivity contribution in [1.29, 1.82) is 0 Å². The molecular weight excluding hydrogens is 358 g/mol. The van der Waals surface area contributed by atoms with Gasteiger partial charge in [0.15, 0.2) is 9.84 Å². The van der Waals surface area contributed by atoms with Gasteiger partial charge in [0.2, 0.25) is 5.91 Å². The highest BCUT2D eigenvalue weighted by molar-refractivity contribution is 7.90. The van der Waals surface area contributed by atoms with Crippen molar-refractivity contribution in [3.05, 3.63) is 64.7 Å². The first-order chi connectivity index (χ1) is 11.8. The first-order valence-corrected chi connectivity index (χ1v) is 10.4. The van der Waals surface area contributed by atoms with E-state index < -0.39 is 9.84 Å². The summed E-state index contributed by atoms with van der Waals surface area (Å²) in [6.45, 7) is 1.98. The van der Waals surface area contributed by atoms with Crippen LogP contribution in [0.25, 0.3) is 0 Å². The summed E-state index contributed by atoms with van der Waals surface area (Å²) in [5.41, 5.74) is 1.84. The zero-order valence-corrected chi connectivity index (χ0v) is 15.9. The second-order valence-corrected chi connectivity index (χ2v) is 8.38. The highest BCUT2D eigenvalue weighted by Crippen LogP contribution is 2.20. The van der Waals surface area contributed by atoms with Crippen LogP contribution in [-0.2, 0) is 21.1 Å². The molecule has 0 saturated carbocycles. The standard InChI is InChI=1S/C19H22ClNO3S/c1-3-18(15-8-11-16(12-9-15)25(2,23)24)21-19(22)13-10-14-6-4-5-7-17(14)20/h4-9,11-12,18H,3,10,13H2,1-2H3,(H,21,22). The van der Waals surface area contributed by atoms with Crippen LogP contribution in [-0.4, -0.2) is 20.6 Å². The molecule has 0 aliphatic heterocycles. The SMILES string of the molecule is CCC(NC(=O)CCc1ccccc1Cl)c1ccc(S(C)(=O)=O)cc1. The van der Waals surface area contributed by atoms with Crippen molar-refractivity contribution in [3.8, 4) is 0 Å². The Kier molecular flexibility index (Phi) is 6.62. The van der Waals surface area contributed by atoms with Gasteiger partial charge in [-0.3, -0.25) is 4.79 Å². The largest absolute Gasteiger partial charge is 0.349 e. The lowest BCUT2D eigenvalue weighted by Gasteiger charge is -2.18. The highest BCUT2D eigenvalue weighted by atomic mass is 35.5. The number of hydrogen-bond donors (Lipinski definition) is 1. The van der Waals surface area contributed by atoms with E-state index in [1.807, 2.05) is 31.2 Å². The Balaban J connectivity index is 1.99. The summed E-state index contributed by atoms with van der Waals surface area (Å²) in [5.74, 6) is -0.0565. The molecule has 1 N–H and O–H groups in total. The van der Waals surface area contributed by atoms with E-state index in [9.17, 15) is 13.2 Å². The van der Waals surface area contributed by atoms with Gasteiger partial charge in [-0.05, 0) is 42.2 Å². The number of halogens is 1. The molecule has 0 spiro atoms. The summed E-state index contributed by atoms with van der Waals surface area (Å²) in [6.07, 6.45) is 2.82. The molecule has 0 saturated heterocycles. The normalized spacial score (nSPS) is 12.6. The van der Waals surface area contributed by atoms with Crippen LogP contribution >= 0.6 is 11.6 Å². The number of amides is 1. The van der Waals surface area contributed by atoms with E-state index in [0.717, 1.165) is 17.5 Å². The monoisotopic (exact) mass is 379 g/mol. The fraction of sp³-hybridized carbons (Fsp3) is 0.316. The molecule has 0 bridgehead atoms. The van der Waals surface area contributed by atoms with Crippen LogP contribution in [0.5, 0.6) is 0 Å². The summed E-state index contributed by atoms with van der Waals surface area (Å²) in [4.78, 5) is 12.5. The molecule has 2 aromatic rings. The number of benzene rings is 2. The second kappa shape index (κ2) is 8.50. The summed E-state index contributed by atoms with van der Waals surface area (Å²) in [5, 5.41) is 3.66. The number of aryl methyl sites for hydroxylation is 1. The fourth-order valence-corrected chi connectivity index (χ4v) is 3.44. The first-order valence-electron chi connectivity index (χ1n) is 8.14. The van der Waals surface area contributed by atoms with Crippen LogP contribution < -0.4 is 5.32 Å². The average molecular weight is 380 g/mol. The van der Waals surface area contributed by atoms with Crippen molar-refractivity contribution in [1.82, 2.24) is 5.32 Å². The predicted molar refractivity (Wildman–Crippen MR) is 100 cm³/mol. The van der Waals surface area contributed by atoms with Crippen LogP contribution in [0.2, 0.25) is 5.02 Å². The zero-order chi connectivity index (χ0) is 18.4. The lowest BCUT2D eigenvalue weighted by atomic mass is 10.0. The summed E-state index contributed by atoms with van der Waals surface area (Å²) < 4.78 is 23.1. The molecule has 0 aliphatic carbocycles. The smallest absolute Gasteiger partial charge is 0.220 e. The number of nitrogens with one attached hydrogen (secondary N) is 1. The predicted octanol–water partition coefficient (Wildman–Crippen LogP) is 3.94. The molecule has 134 valence electrons. The molecular formula is C19H22ClNO3S. The fourth-order valence-electron chi connectivity index (χ4n) is 2.58. The van der Waals surface area contributed by atoms with Gasteiger partial charge in [-0.2, -0.15) is 0 Å². The average Bonchev–Trinajstić information content (AvgIpc) is 2.58. The van der Waals surface area contributed by atoms with Crippen LogP contribution in [0.1, 0.15) is 36.9 Å². The van der Waals surface area contributed by atoms with Gasteiger partial charge in [0.05, 0.1) is 10.9 Å². The van der Waals surface area contributed by atoms with Gasteiger partial charge < -0.3 is 5.32 Å².